The fourth-order valence-electron chi connectivity index (χ4n) is 2.25. The monoisotopic (exact) mass is 321 g/mol. The molecule has 1 aliphatic rings. The molecule has 1 aliphatic heterocycles. The van der Waals surface area contributed by atoms with E-state index < -0.39 is 11.6 Å². The molecule has 2 amide bonds. The average Bonchev–Trinajstić information content (AvgIpc) is 3.01. The minimum absolute atomic E-state index is 0.103. The molecule has 3 rings (SSSR count). The van der Waals surface area contributed by atoms with Crippen LogP contribution in [0.25, 0.3) is 0 Å². The van der Waals surface area contributed by atoms with Crippen molar-refractivity contribution < 1.29 is 13.6 Å². The Morgan fingerprint density at radius 2 is 2.00 bits per heavy atom. The molecule has 0 spiro atoms. The van der Waals surface area contributed by atoms with Crippen molar-refractivity contribution in [3.63, 3.8) is 0 Å². The number of hydrogen-bond donors (Lipinski definition) is 1. The number of thioether (sulfide) groups is 1. The number of nitrogens with zero attached hydrogens (tertiary/aromatic N) is 2. The number of halogens is 2. The molecule has 1 aromatic heterocycles. The first-order valence-corrected chi connectivity index (χ1v) is 7.74. The van der Waals surface area contributed by atoms with Gasteiger partial charge in [-0.2, -0.15) is 0 Å². The quantitative estimate of drug-likeness (QED) is 0.918. The maximum atomic E-state index is 13.2. The van der Waals surface area contributed by atoms with Crippen molar-refractivity contribution in [1.82, 2.24) is 9.88 Å². The van der Waals surface area contributed by atoms with Gasteiger partial charge in [0.2, 0.25) is 0 Å². The molecule has 7 heteroatoms. The summed E-state index contributed by atoms with van der Waals surface area (Å²) in [6.07, 6.45) is 3.36. The molecule has 22 heavy (non-hydrogen) atoms. The molecule has 1 aromatic carbocycles. The van der Waals surface area contributed by atoms with Gasteiger partial charge < -0.3 is 10.2 Å². The lowest BCUT2D eigenvalue weighted by molar-refractivity contribution is 0.214. The number of rotatable bonds is 2. The van der Waals surface area contributed by atoms with Gasteiger partial charge in [0.05, 0.1) is 0 Å². The molecular formula is C15H13F2N3OS. The van der Waals surface area contributed by atoms with Crippen molar-refractivity contribution in [1.29, 1.82) is 0 Å². The summed E-state index contributed by atoms with van der Waals surface area (Å²) in [5.74, 6) is -1.11. The SMILES string of the molecule is O=C(Nc1ccc(F)c(F)c1)N1CCSC1c1ccncc1. The highest BCUT2D eigenvalue weighted by molar-refractivity contribution is 7.99. The number of pyridine rings is 1. The number of carbonyl (C=O) groups excluding carboxylic acids is 1. The van der Waals surface area contributed by atoms with Crippen LogP contribution in [-0.2, 0) is 0 Å². The standard InChI is InChI=1S/C15H13F2N3OS/c16-12-2-1-11(9-13(12)17)19-15(21)20-7-8-22-14(20)10-3-5-18-6-4-10/h1-6,9,14H,7-8H2,(H,19,21). The number of nitrogens with one attached hydrogen (secondary N) is 1. The second-order valence-electron chi connectivity index (χ2n) is 4.76. The Hall–Kier alpha value is -2.15. The Balaban J connectivity index is 1.75. The van der Waals surface area contributed by atoms with Crippen LogP contribution in [0.2, 0.25) is 0 Å². The fraction of sp³-hybridized carbons (Fsp3) is 0.200. The first kappa shape index (κ1) is 14.8. The molecule has 1 unspecified atom stereocenters. The van der Waals surface area contributed by atoms with Gasteiger partial charge in [0.1, 0.15) is 5.37 Å². The van der Waals surface area contributed by atoms with Gasteiger partial charge >= 0.3 is 6.03 Å². The second kappa shape index (κ2) is 6.31. The molecule has 0 saturated carbocycles. The predicted molar refractivity (Wildman–Crippen MR) is 81.5 cm³/mol. The van der Waals surface area contributed by atoms with Crippen LogP contribution in [0.3, 0.4) is 0 Å². The van der Waals surface area contributed by atoms with Crippen molar-refractivity contribution in [3.8, 4) is 0 Å². The minimum atomic E-state index is -0.987. The van der Waals surface area contributed by atoms with Gasteiger partial charge in [-0.05, 0) is 29.8 Å². The summed E-state index contributed by atoms with van der Waals surface area (Å²) in [6, 6.07) is 6.68. The van der Waals surface area contributed by atoms with Crippen LogP contribution < -0.4 is 5.32 Å². The third-order valence-electron chi connectivity index (χ3n) is 3.31. The molecule has 4 nitrogen and oxygen atoms in total. The van der Waals surface area contributed by atoms with E-state index in [1.807, 2.05) is 12.1 Å². The Bertz CT molecular complexity index is 684. The van der Waals surface area contributed by atoms with E-state index >= 15 is 0 Å². The third-order valence-corrected chi connectivity index (χ3v) is 4.57. The molecule has 114 valence electrons. The summed E-state index contributed by atoms with van der Waals surface area (Å²) in [7, 11) is 0. The highest BCUT2D eigenvalue weighted by Crippen LogP contribution is 2.37. The van der Waals surface area contributed by atoms with Crippen LogP contribution in [-0.4, -0.2) is 28.2 Å². The lowest BCUT2D eigenvalue weighted by atomic mass is 10.2. The van der Waals surface area contributed by atoms with E-state index in [9.17, 15) is 13.6 Å². The predicted octanol–water partition coefficient (Wildman–Crippen LogP) is 3.64. The number of carbonyl (C=O) groups is 1. The van der Waals surface area contributed by atoms with Crippen LogP contribution in [0.4, 0.5) is 19.3 Å². The van der Waals surface area contributed by atoms with E-state index in [4.69, 9.17) is 0 Å². The zero-order chi connectivity index (χ0) is 15.5. The van der Waals surface area contributed by atoms with Crippen molar-refractivity contribution in [2.45, 2.75) is 5.37 Å². The van der Waals surface area contributed by atoms with E-state index in [0.717, 1.165) is 23.4 Å². The molecule has 1 fully saturated rings. The average molecular weight is 321 g/mol. The van der Waals surface area contributed by atoms with E-state index in [1.165, 1.54) is 6.07 Å². The number of benzene rings is 1. The zero-order valence-electron chi connectivity index (χ0n) is 11.5. The summed E-state index contributed by atoms with van der Waals surface area (Å²) in [4.78, 5) is 18.0. The van der Waals surface area contributed by atoms with Gasteiger partial charge in [0.25, 0.3) is 0 Å². The first-order chi connectivity index (χ1) is 10.6. The Labute approximate surface area is 130 Å². The van der Waals surface area contributed by atoms with Crippen molar-refractivity contribution in [2.75, 3.05) is 17.6 Å². The molecule has 0 bridgehead atoms. The number of urea groups is 1. The van der Waals surface area contributed by atoms with Crippen molar-refractivity contribution in [2.24, 2.45) is 0 Å². The van der Waals surface area contributed by atoms with Gasteiger partial charge in [-0.3, -0.25) is 4.98 Å². The lowest BCUT2D eigenvalue weighted by Gasteiger charge is -2.24. The fourth-order valence-corrected chi connectivity index (χ4v) is 3.51. The Kier molecular flexibility index (Phi) is 4.24. The van der Waals surface area contributed by atoms with Crippen molar-refractivity contribution in [3.05, 3.63) is 59.9 Å². The van der Waals surface area contributed by atoms with Crippen molar-refractivity contribution >= 4 is 23.5 Å². The largest absolute Gasteiger partial charge is 0.323 e. The van der Waals surface area contributed by atoms with Crippen LogP contribution in [0.1, 0.15) is 10.9 Å². The third kappa shape index (κ3) is 3.04. The molecular weight excluding hydrogens is 308 g/mol. The number of hydrogen-bond acceptors (Lipinski definition) is 3. The topological polar surface area (TPSA) is 45.2 Å². The summed E-state index contributed by atoms with van der Waals surface area (Å²) >= 11 is 1.65. The van der Waals surface area contributed by atoms with Gasteiger partial charge in [-0.25, -0.2) is 13.6 Å². The lowest BCUT2D eigenvalue weighted by Crippen LogP contribution is -2.34. The van der Waals surface area contributed by atoms with Gasteiger partial charge in [0.15, 0.2) is 11.6 Å². The maximum absolute atomic E-state index is 13.2. The second-order valence-corrected chi connectivity index (χ2v) is 5.94. The molecule has 1 saturated heterocycles. The number of anilines is 1. The highest BCUT2D eigenvalue weighted by atomic mass is 32.2. The molecule has 0 radical (unpaired) electrons. The summed E-state index contributed by atoms with van der Waals surface area (Å²) in [6.45, 7) is 0.590. The Morgan fingerprint density at radius 1 is 1.23 bits per heavy atom. The van der Waals surface area contributed by atoms with Crippen LogP contribution >= 0.6 is 11.8 Å². The maximum Gasteiger partial charge on any atom is 0.323 e. The zero-order valence-corrected chi connectivity index (χ0v) is 12.3. The molecule has 2 aromatic rings. The van der Waals surface area contributed by atoms with Crippen LogP contribution in [0.5, 0.6) is 0 Å². The van der Waals surface area contributed by atoms with E-state index in [2.05, 4.69) is 10.3 Å². The van der Waals surface area contributed by atoms with Crippen LogP contribution in [0, 0.1) is 11.6 Å². The molecule has 2 heterocycles. The van der Waals surface area contributed by atoms with Crippen LogP contribution in [0.15, 0.2) is 42.7 Å². The Morgan fingerprint density at radius 3 is 2.73 bits per heavy atom. The molecule has 0 aliphatic carbocycles. The number of aromatic nitrogens is 1. The normalized spacial score (nSPS) is 17.5. The van der Waals surface area contributed by atoms with Gasteiger partial charge in [-0.1, -0.05) is 0 Å². The van der Waals surface area contributed by atoms with E-state index in [0.29, 0.717) is 6.54 Å². The van der Waals surface area contributed by atoms with E-state index in [-0.39, 0.29) is 17.1 Å². The van der Waals surface area contributed by atoms with Gasteiger partial charge in [0, 0.05) is 36.4 Å². The van der Waals surface area contributed by atoms with E-state index in [1.54, 1.807) is 29.1 Å². The van der Waals surface area contributed by atoms with Gasteiger partial charge in [-0.15, -0.1) is 11.8 Å². The summed E-state index contributed by atoms with van der Waals surface area (Å²) in [5, 5.41) is 2.50. The number of amides is 2. The summed E-state index contributed by atoms with van der Waals surface area (Å²) < 4.78 is 26.1. The smallest absolute Gasteiger partial charge is 0.308 e. The molecule has 1 atom stereocenters. The highest BCUT2D eigenvalue weighted by Gasteiger charge is 2.30. The minimum Gasteiger partial charge on any atom is -0.308 e. The first-order valence-electron chi connectivity index (χ1n) is 6.69. The summed E-state index contributed by atoms with van der Waals surface area (Å²) in [5.41, 5.74) is 1.22. The molecule has 1 N–H and O–H groups in total.